The predicted octanol–water partition coefficient (Wildman–Crippen LogP) is 3.37. The summed E-state index contributed by atoms with van der Waals surface area (Å²) >= 11 is 0. The maximum absolute atomic E-state index is 13.2. The molecule has 2 heterocycles. The van der Waals surface area contributed by atoms with Crippen LogP contribution in [0.25, 0.3) is 11.1 Å². The number of nitrogens with zero attached hydrogens (tertiary/aromatic N) is 2. The van der Waals surface area contributed by atoms with Crippen LogP contribution < -0.4 is 5.48 Å². The van der Waals surface area contributed by atoms with E-state index in [1.54, 1.807) is 10.4 Å². The van der Waals surface area contributed by atoms with Crippen LogP contribution in [0.5, 0.6) is 0 Å². The highest BCUT2D eigenvalue weighted by Gasteiger charge is 2.38. The summed E-state index contributed by atoms with van der Waals surface area (Å²) in [6, 6.07) is 16.3. The molecule has 2 aromatic carbocycles. The van der Waals surface area contributed by atoms with Gasteiger partial charge in [-0.05, 0) is 61.4 Å². The van der Waals surface area contributed by atoms with Crippen molar-refractivity contribution in [2.24, 2.45) is 5.92 Å². The summed E-state index contributed by atoms with van der Waals surface area (Å²) in [4.78, 5) is 29.1. The lowest BCUT2D eigenvalue weighted by Crippen LogP contribution is -2.50. The maximum Gasteiger partial charge on any atom is 0.266 e. The molecule has 0 radical (unpaired) electrons. The van der Waals surface area contributed by atoms with Crippen LogP contribution in [0.4, 0.5) is 0 Å². The lowest BCUT2D eigenvalue weighted by molar-refractivity contribution is -0.146. The molecule has 164 valence electrons. The Balaban J connectivity index is 1.45. The second-order valence-electron chi connectivity index (χ2n) is 8.70. The van der Waals surface area contributed by atoms with Crippen molar-refractivity contribution in [1.29, 1.82) is 0 Å². The smallest absolute Gasteiger partial charge is 0.266 e. The van der Waals surface area contributed by atoms with Crippen LogP contribution in [-0.2, 0) is 16.1 Å². The van der Waals surface area contributed by atoms with E-state index < -0.39 is 11.9 Å². The van der Waals surface area contributed by atoms with Crippen LogP contribution in [0.15, 0.2) is 48.5 Å². The molecule has 2 fully saturated rings. The number of nitrogens with one attached hydrogen (secondary N) is 1. The first-order valence-electron chi connectivity index (χ1n) is 11.2. The number of piperidine rings is 1. The van der Waals surface area contributed by atoms with Gasteiger partial charge in [0.05, 0.1) is 5.92 Å². The van der Waals surface area contributed by atoms with Crippen LogP contribution in [0.2, 0.25) is 0 Å². The molecule has 2 aliphatic heterocycles. The standard InChI is InChI=1S/C25H31N3O3/c1-18-20(10-5-12-22(18)19-8-3-2-4-9-19)16-27-14-6-11-21(17-27)25(30)28-15-7-13-23(28)24(29)26-31/h2-5,8-10,12,21,23,31H,6-7,11,13-17H2,1H3,(H,26,29). The molecule has 2 atom stereocenters. The van der Waals surface area contributed by atoms with Crippen molar-refractivity contribution in [2.45, 2.75) is 45.2 Å². The molecule has 6 heteroatoms. The van der Waals surface area contributed by atoms with E-state index in [9.17, 15) is 9.59 Å². The van der Waals surface area contributed by atoms with Crippen molar-refractivity contribution in [2.75, 3.05) is 19.6 Å². The Morgan fingerprint density at radius 3 is 2.58 bits per heavy atom. The van der Waals surface area contributed by atoms with E-state index in [0.717, 1.165) is 32.4 Å². The fourth-order valence-corrected chi connectivity index (χ4v) is 5.04. The Bertz CT molecular complexity index is 931. The summed E-state index contributed by atoms with van der Waals surface area (Å²) in [5.41, 5.74) is 6.75. The number of hydroxylamine groups is 1. The van der Waals surface area contributed by atoms with Crippen molar-refractivity contribution in [1.82, 2.24) is 15.3 Å². The van der Waals surface area contributed by atoms with Gasteiger partial charge in [-0.25, -0.2) is 5.48 Å². The number of hydrogen-bond donors (Lipinski definition) is 2. The highest BCUT2D eigenvalue weighted by Crippen LogP contribution is 2.29. The Hall–Kier alpha value is -2.70. The molecule has 0 spiro atoms. The molecule has 31 heavy (non-hydrogen) atoms. The Morgan fingerprint density at radius 2 is 1.81 bits per heavy atom. The number of rotatable bonds is 5. The highest BCUT2D eigenvalue weighted by atomic mass is 16.5. The summed E-state index contributed by atoms with van der Waals surface area (Å²) < 4.78 is 0. The first-order valence-corrected chi connectivity index (χ1v) is 11.2. The van der Waals surface area contributed by atoms with E-state index in [-0.39, 0.29) is 11.8 Å². The average Bonchev–Trinajstić information content (AvgIpc) is 3.30. The number of hydrogen-bond acceptors (Lipinski definition) is 4. The molecule has 4 rings (SSSR count). The van der Waals surface area contributed by atoms with E-state index in [1.807, 2.05) is 6.07 Å². The molecule has 2 amide bonds. The zero-order valence-corrected chi connectivity index (χ0v) is 18.1. The topological polar surface area (TPSA) is 72.9 Å². The maximum atomic E-state index is 13.2. The molecule has 2 unspecified atom stereocenters. The SMILES string of the molecule is Cc1c(CN2CCCC(C(=O)N3CCCC3C(=O)NO)C2)cccc1-c1ccccc1. The van der Waals surface area contributed by atoms with Gasteiger partial charge in [-0.15, -0.1) is 0 Å². The van der Waals surface area contributed by atoms with Crippen LogP contribution >= 0.6 is 0 Å². The lowest BCUT2D eigenvalue weighted by Gasteiger charge is -2.35. The first kappa shape index (κ1) is 21.5. The predicted molar refractivity (Wildman–Crippen MR) is 119 cm³/mol. The van der Waals surface area contributed by atoms with Gasteiger partial charge < -0.3 is 4.90 Å². The van der Waals surface area contributed by atoms with Crippen LogP contribution in [0.3, 0.4) is 0 Å². The average molecular weight is 422 g/mol. The molecule has 6 nitrogen and oxygen atoms in total. The molecule has 2 saturated heterocycles. The van der Waals surface area contributed by atoms with Gasteiger partial charge in [0.1, 0.15) is 6.04 Å². The minimum absolute atomic E-state index is 0.0468. The third-order valence-electron chi connectivity index (χ3n) is 6.73. The second-order valence-corrected chi connectivity index (χ2v) is 8.70. The molecule has 0 saturated carbocycles. The zero-order chi connectivity index (χ0) is 21.8. The molecule has 0 aromatic heterocycles. The van der Waals surface area contributed by atoms with Crippen LogP contribution in [0.1, 0.15) is 36.8 Å². The van der Waals surface area contributed by atoms with Crippen LogP contribution in [0, 0.1) is 12.8 Å². The van der Waals surface area contributed by atoms with Gasteiger partial charge in [0.25, 0.3) is 5.91 Å². The van der Waals surface area contributed by atoms with Gasteiger partial charge in [0.2, 0.25) is 5.91 Å². The molecular weight excluding hydrogens is 390 g/mol. The number of benzene rings is 2. The molecule has 2 aromatic rings. The number of carbonyl (C=O) groups excluding carboxylic acids is 2. The minimum atomic E-state index is -0.544. The fourth-order valence-electron chi connectivity index (χ4n) is 5.04. The normalized spacial score (nSPS) is 21.8. The second kappa shape index (κ2) is 9.62. The number of likely N-dealkylation sites (tertiary alicyclic amines) is 2. The summed E-state index contributed by atoms with van der Waals surface area (Å²) in [6.07, 6.45) is 3.23. The van der Waals surface area contributed by atoms with E-state index in [4.69, 9.17) is 5.21 Å². The largest absolute Gasteiger partial charge is 0.330 e. The van der Waals surface area contributed by atoms with Gasteiger partial charge in [-0.1, -0.05) is 48.5 Å². The molecule has 2 N–H and O–H groups in total. The first-order chi connectivity index (χ1) is 15.1. The van der Waals surface area contributed by atoms with E-state index >= 15 is 0 Å². The summed E-state index contributed by atoms with van der Waals surface area (Å²) in [5, 5.41) is 9.00. The van der Waals surface area contributed by atoms with Gasteiger partial charge >= 0.3 is 0 Å². The van der Waals surface area contributed by atoms with Gasteiger partial charge in [0, 0.05) is 19.6 Å². The van der Waals surface area contributed by atoms with E-state index in [0.29, 0.717) is 19.5 Å². The summed E-state index contributed by atoms with van der Waals surface area (Å²) in [5.74, 6) is -0.532. The summed E-state index contributed by atoms with van der Waals surface area (Å²) in [7, 11) is 0. The molecule has 0 bridgehead atoms. The number of amides is 2. The van der Waals surface area contributed by atoms with Crippen LogP contribution in [-0.4, -0.2) is 52.5 Å². The Labute approximate surface area is 183 Å². The van der Waals surface area contributed by atoms with Crippen molar-refractivity contribution in [3.05, 3.63) is 59.7 Å². The quantitative estimate of drug-likeness (QED) is 0.574. The van der Waals surface area contributed by atoms with Crippen molar-refractivity contribution in [3.8, 4) is 11.1 Å². The van der Waals surface area contributed by atoms with Crippen molar-refractivity contribution < 1.29 is 14.8 Å². The van der Waals surface area contributed by atoms with Gasteiger partial charge in [-0.3, -0.25) is 19.7 Å². The Morgan fingerprint density at radius 1 is 1.03 bits per heavy atom. The lowest BCUT2D eigenvalue weighted by atomic mass is 9.93. The minimum Gasteiger partial charge on any atom is -0.330 e. The van der Waals surface area contributed by atoms with Gasteiger partial charge in [0.15, 0.2) is 0 Å². The molecule has 2 aliphatic rings. The molecular formula is C25H31N3O3. The van der Waals surface area contributed by atoms with E-state index in [2.05, 4.69) is 54.3 Å². The number of carbonyl (C=O) groups is 2. The monoisotopic (exact) mass is 421 g/mol. The van der Waals surface area contributed by atoms with Crippen molar-refractivity contribution >= 4 is 11.8 Å². The Kier molecular flexibility index (Phi) is 6.68. The third-order valence-corrected chi connectivity index (χ3v) is 6.73. The fraction of sp³-hybridized carbons (Fsp3) is 0.440. The zero-order valence-electron chi connectivity index (χ0n) is 18.1. The van der Waals surface area contributed by atoms with Crippen molar-refractivity contribution in [3.63, 3.8) is 0 Å². The third kappa shape index (κ3) is 4.65. The van der Waals surface area contributed by atoms with E-state index in [1.165, 1.54) is 22.3 Å². The molecule has 0 aliphatic carbocycles. The van der Waals surface area contributed by atoms with Gasteiger partial charge in [-0.2, -0.15) is 0 Å². The highest BCUT2D eigenvalue weighted by molar-refractivity contribution is 5.88. The summed E-state index contributed by atoms with van der Waals surface area (Å²) in [6.45, 7) is 5.26.